The van der Waals surface area contributed by atoms with Crippen molar-refractivity contribution in [1.82, 2.24) is 5.32 Å². The number of nitrogens with zero attached hydrogens (tertiary/aromatic N) is 1. The Morgan fingerprint density at radius 1 is 1.29 bits per heavy atom. The monoisotopic (exact) mass is 256 g/mol. The van der Waals surface area contributed by atoms with Crippen LogP contribution in [0.1, 0.15) is 0 Å². The number of anilines is 1. The predicted octanol–water partition coefficient (Wildman–Crippen LogP) is 2.27. The van der Waals surface area contributed by atoms with Crippen LogP contribution in [0.25, 0.3) is 0 Å². The number of benzene rings is 1. The maximum Gasteiger partial charge on any atom is 0.150 e. The third-order valence-electron chi connectivity index (χ3n) is 2.66. The lowest BCUT2D eigenvalue weighted by Crippen LogP contribution is -2.43. The van der Waals surface area contributed by atoms with Crippen molar-refractivity contribution in [2.24, 2.45) is 0 Å². The van der Waals surface area contributed by atoms with Gasteiger partial charge in [-0.05, 0) is 25.5 Å². The van der Waals surface area contributed by atoms with E-state index >= 15 is 0 Å². The van der Waals surface area contributed by atoms with E-state index in [0.717, 1.165) is 26.2 Å². The van der Waals surface area contributed by atoms with E-state index in [1.807, 2.05) is 25.5 Å². The molecule has 3 nitrogen and oxygen atoms in total. The maximum atomic E-state index is 14.0. The Kier molecular flexibility index (Phi) is 4.19. The summed E-state index contributed by atoms with van der Waals surface area (Å²) < 4.78 is 19.5. The molecule has 1 N–H and O–H groups in total. The van der Waals surface area contributed by atoms with Crippen molar-refractivity contribution in [3.63, 3.8) is 0 Å². The number of halogens is 1. The zero-order valence-corrected chi connectivity index (χ0v) is 11.1. The molecule has 1 heterocycles. The van der Waals surface area contributed by atoms with Crippen LogP contribution in [0.5, 0.6) is 5.75 Å². The summed E-state index contributed by atoms with van der Waals surface area (Å²) in [6, 6.07) is 5.15. The number of nitrogens with one attached hydrogen (secondary N) is 1. The topological polar surface area (TPSA) is 24.5 Å². The van der Waals surface area contributed by atoms with Crippen LogP contribution in [0.2, 0.25) is 0 Å². The van der Waals surface area contributed by atoms with Crippen molar-refractivity contribution < 1.29 is 8.91 Å². The van der Waals surface area contributed by atoms with Gasteiger partial charge in [0.1, 0.15) is 11.6 Å². The first-order valence-corrected chi connectivity index (χ1v) is 7.93. The Labute approximate surface area is 103 Å². The van der Waals surface area contributed by atoms with Crippen LogP contribution in [-0.2, 0) is 0 Å². The highest BCUT2D eigenvalue weighted by molar-refractivity contribution is 7.51. The van der Waals surface area contributed by atoms with E-state index in [1.54, 1.807) is 0 Å². The highest BCUT2D eigenvalue weighted by atomic mass is 31.1. The lowest BCUT2D eigenvalue weighted by atomic mass is 10.2. The van der Waals surface area contributed by atoms with Crippen molar-refractivity contribution in [2.45, 2.75) is 0 Å². The summed E-state index contributed by atoms with van der Waals surface area (Å²) in [6.07, 6.45) is 0. The molecule has 1 saturated heterocycles. The largest absolute Gasteiger partial charge is 0.475 e. The summed E-state index contributed by atoms with van der Waals surface area (Å²) in [5.41, 5.74) is 0.676. The molecule has 0 atom stereocenters. The van der Waals surface area contributed by atoms with Crippen LogP contribution >= 0.6 is 8.15 Å². The maximum absolute atomic E-state index is 14.0. The molecule has 5 heteroatoms. The predicted molar refractivity (Wildman–Crippen MR) is 70.9 cm³/mol. The van der Waals surface area contributed by atoms with E-state index in [1.165, 1.54) is 6.07 Å². The molecule has 0 amide bonds. The quantitative estimate of drug-likeness (QED) is 0.840. The van der Waals surface area contributed by atoms with Crippen LogP contribution < -0.4 is 14.7 Å². The van der Waals surface area contributed by atoms with Gasteiger partial charge in [-0.15, -0.1) is 0 Å². The highest BCUT2D eigenvalue weighted by Crippen LogP contribution is 2.32. The minimum Gasteiger partial charge on any atom is -0.475 e. The lowest BCUT2D eigenvalue weighted by Gasteiger charge is -2.29. The van der Waals surface area contributed by atoms with Crippen molar-refractivity contribution in [3.8, 4) is 5.75 Å². The normalized spacial score (nSPS) is 16.4. The van der Waals surface area contributed by atoms with Crippen molar-refractivity contribution in [3.05, 3.63) is 24.0 Å². The summed E-state index contributed by atoms with van der Waals surface area (Å²) in [5, 5.41) is 3.26. The molecule has 17 heavy (non-hydrogen) atoms. The van der Waals surface area contributed by atoms with E-state index in [-0.39, 0.29) is 5.82 Å². The fourth-order valence-corrected chi connectivity index (χ4v) is 2.45. The van der Waals surface area contributed by atoms with Gasteiger partial charge in [-0.2, -0.15) is 0 Å². The Hall–Kier alpha value is -0.860. The van der Waals surface area contributed by atoms with Gasteiger partial charge in [0.25, 0.3) is 0 Å². The van der Waals surface area contributed by atoms with Crippen LogP contribution in [0.15, 0.2) is 18.2 Å². The van der Waals surface area contributed by atoms with E-state index in [2.05, 4.69) is 10.2 Å². The van der Waals surface area contributed by atoms with Crippen molar-refractivity contribution in [1.29, 1.82) is 0 Å². The Balaban J connectivity index is 2.13. The molecule has 1 aromatic carbocycles. The van der Waals surface area contributed by atoms with E-state index in [9.17, 15) is 4.39 Å². The van der Waals surface area contributed by atoms with Crippen molar-refractivity contribution in [2.75, 3.05) is 44.4 Å². The summed E-state index contributed by atoms with van der Waals surface area (Å²) >= 11 is 0. The molecule has 94 valence electrons. The van der Waals surface area contributed by atoms with E-state index < -0.39 is 8.15 Å². The fourth-order valence-electron chi connectivity index (χ4n) is 1.92. The zero-order valence-electron chi connectivity index (χ0n) is 10.2. The van der Waals surface area contributed by atoms with Gasteiger partial charge in [-0.25, -0.2) is 4.39 Å². The number of rotatable bonds is 3. The number of piperazine rings is 1. The van der Waals surface area contributed by atoms with Gasteiger partial charge in [0.05, 0.1) is 13.8 Å². The van der Waals surface area contributed by atoms with Gasteiger partial charge in [-0.1, -0.05) is 0 Å². The van der Waals surface area contributed by atoms with Crippen LogP contribution in [0.3, 0.4) is 0 Å². The van der Waals surface area contributed by atoms with Crippen LogP contribution in [0.4, 0.5) is 10.1 Å². The molecule has 2 rings (SSSR count). The minimum absolute atomic E-state index is 0.193. The third kappa shape index (κ3) is 3.30. The summed E-state index contributed by atoms with van der Waals surface area (Å²) in [6.45, 7) is 7.52. The molecule has 0 saturated carbocycles. The Morgan fingerprint density at radius 2 is 2.00 bits per heavy atom. The molecular weight excluding hydrogens is 238 g/mol. The summed E-state index contributed by atoms with van der Waals surface area (Å²) in [5.74, 6) is 0.429. The second-order valence-corrected chi connectivity index (χ2v) is 6.06. The average Bonchev–Trinajstić information content (AvgIpc) is 2.29. The molecule has 0 radical (unpaired) electrons. The molecule has 1 aliphatic heterocycles. The molecule has 0 spiro atoms. The third-order valence-corrected chi connectivity index (χ3v) is 3.24. The summed E-state index contributed by atoms with van der Waals surface area (Å²) in [7, 11) is -0.504. The molecule has 0 aliphatic carbocycles. The van der Waals surface area contributed by atoms with Gasteiger partial charge in [0.15, 0.2) is 0 Å². The van der Waals surface area contributed by atoms with Gasteiger partial charge >= 0.3 is 0 Å². The molecule has 0 unspecified atom stereocenters. The minimum atomic E-state index is -0.504. The van der Waals surface area contributed by atoms with Gasteiger partial charge in [-0.3, -0.25) is 0 Å². The summed E-state index contributed by atoms with van der Waals surface area (Å²) in [4.78, 5) is 2.07. The SMILES string of the molecule is CP(C)Oc1ccc(N2CCNCC2)c(F)c1. The fraction of sp³-hybridized carbons (Fsp3) is 0.500. The Morgan fingerprint density at radius 3 is 2.59 bits per heavy atom. The number of hydrogen-bond donors (Lipinski definition) is 1. The van der Waals surface area contributed by atoms with Gasteiger partial charge in [0.2, 0.25) is 0 Å². The average molecular weight is 256 g/mol. The van der Waals surface area contributed by atoms with Crippen LogP contribution in [0, 0.1) is 5.82 Å². The lowest BCUT2D eigenvalue weighted by molar-refractivity contribution is 0.558. The standard InChI is InChI=1S/C12H18FN2OP/c1-17(2)16-10-3-4-12(11(13)9-10)15-7-5-14-6-8-15/h3-4,9,14H,5-8H2,1-2H3. The van der Waals surface area contributed by atoms with Crippen molar-refractivity contribution >= 4 is 13.8 Å². The first-order chi connectivity index (χ1) is 8.16. The Bertz CT molecular complexity index is 381. The van der Waals surface area contributed by atoms with E-state index in [0.29, 0.717) is 11.4 Å². The second kappa shape index (κ2) is 5.65. The zero-order chi connectivity index (χ0) is 12.3. The van der Waals surface area contributed by atoms with E-state index in [4.69, 9.17) is 4.52 Å². The first kappa shape index (κ1) is 12.6. The molecular formula is C12H18FN2OP. The molecule has 0 aromatic heterocycles. The highest BCUT2D eigenvalue weighted by Gasteiger charge is 2.15. The second-order valence-electron chi connectivity index (χ2n) is 4.25. The number of hydrogen-bond acceptors (Lipinski definition) is 3. The molecule has 1 fully saturated rings. The molecule has 1 aromatic rings. The van der Waals surface area contributed by atoms with Gasteiger partial charge < -0.3 is 14.7 Å². The molecule has 1 aliphatic rings. The van der Waals surface area contributed by atoms with Crippen LogP contribution in [-0.4, -0.2) is 39.5 Å². The molecule has 0 bridgehead atoms. The van der Waals surface area contributed by atoms with Gasteiger partial charge in [0, 0.05) is 32.2 Å². The first-order valence-electron chi connectivity index (χ1n) is 5.77. The smallest absolute Gasteiger partial charge is 0.150 e.